The number of hydrogen-bond donors (Lipinski definition) is 0. The first-order valence-corrected chi connectivity index (χ1v) is 8.24. The largest absolute Gasteiger partial charge is 0.378 e. The van der Waals surface area contributed by atoms with Gasteiger partial charge in [0.1, 0.15) is 5.15 Å². The van der Waals surface area contributed by atoms with Crippen LogP contribution < -0.4 is 0 Å². The molecule has 2 saturated heterocycles. The Morgan fingerprint density at radius 1 is 1.36 bits per heavy atom. The monoisotopic (exact) mass is 326 g/mol. The van der Waals surface area contributed by atoms with Crippen LogP contribution >= 0.6 is 11.6 Å². The standard InChI is InChI=1S/C15H23ClN4O2/c1-11-14(15(16)18(2)17-11)12-4-3-5-20(12)10-13(21)19-6-8-22-9-7-19/h12H,3-10H2,1-2H3. The molecule has 3 heterocycles. The third-order valence-corrected chi connectivity index (χ3v) is 5.04. The van der Waals surface area contributed by atoms with E-state index < -0.39 is 0 Å². The molecule has 0 aliphatic carbocycles. The minimum absolute atomic E-state index is 0.188. The Labute approximate surface area is 136 Å². The molecule has 6 nitrogen and oxygen atoms in total. The summed E-state index contributed by atoms with van der Waals surface area (Å²) < 4.78 is 7.02. The lowest BCUT2D eigenvalue weighted by Gasteiger charge is -2.30. The molecule has 0 aromatic carbocycles. The van der Waals surface area contributed by atoms with Crippen LogP contribution in [-0.2, 0) is 16.6 Å². The molecule has 0 bridgehead atoms. The lowest BCUT2D eigenvalue weighted by atomic mass is 10.1. The van der Waals surface area contributed by atoms with E-state index in [4.69, 9.17) is 16.3 Å². The Morgan fingerprint density at radius 2 is 2.09 bits per heavy atom. The molecule has 0 N–H and O–H groups in total. The van der Waals surface area contributed by atoms with Crippen molar-refractivity contribution in [3.05, 3.63) is 16.4 Å². The van der Waals surface area contributed by atoms with E-state index in [1.165, 1.54) is 0 Å². The van der Waals surface area contributed by atoms with E-state index in [0.717, 1.165) is 30.6 Å². The fourth-order valence-electron chi connectivity index (χ4n) is 3.45. The minimum Gasteiger partial charge on any atom is -0.378 e. The zero-order chi connectivity index (χ0) is 15.7. The maximum Gasteiger partial charge on any atom is 0.236 e. The maximum absolute atomic E-state index is 12.5. The molecule has 0 saturated carbocycles. The predicted molar refractivity (Wildman–Crippen MR) is 83.9 cm³/mol. The molecule has 2 fully saturated rings. The quantitative estimate of drug-likeness (QED) is 0.842. The first kappa shape index (κ1) is 15.8. The highest BCUT2D eigenvalue weighted by Crippen LogP contribution is 2.37. The minimum atomic E-state index is 0.188. The van der Waals surface area contributed by atoms with Crippen LogP contribution in [0.2, 0.25) is 5.15 Å². The predicted octanol–water partition coefficient (Wildman–Crippen LogP) is 1.38. The fraction of sp³-hybridized carbons (Fsp3) is 0.733. The third-order valence-electron chi connectivity index (χ3n) is 4.60. The summed E-state index contributed by atoms with van der Waals surface area (Å²) in [5, 5.41) is 5.09. The van der Waals surface area contributed by atoms with Crippen LogP contribution in [0.25, 0.3) is 0 Å². The molecule has 7 heteroatoms. The first-order valence-electron chi connectivity index (χ1n) is 7.86. The number of ether oxygens (including phenoxy) is 1. The summed E-state index contributed by atoms with van der Waals surface area (Å²) in [4.78, 5) is 16.6. The van der Waals surface area contributed by atoms with Crippen LogP contribution in [0.3, 0.4) is 0 Å². The Kier molecular flexibility index (Phi) is 4.70. The SMILES string of the molecule is Cc1nn(C)c(Cl)c1C1CCCN1CC(=O)N1CCOCC1. The Morgan fingerprint density at radius 3 is 2.73 bits per heavy atom. The van der Waals surface area contributed by atoms with Gasteiger partial charge in [0, 0.05) is 31.7 Å². The van der Waals surface area contributed by atoms with E-state index in [0.29, 0.717) is 38.0 Å². The Hall–Kier alpha value is -1.11. The van der Waals surface area contributed by atoms with Gasteiger partial charge in [0.2, 0.25) is 5.91 Å². The van der Waals surface area contributed by atoms with Gasteiger partial charge in [-0.2, -0.15) is 5.10 Å². The molecule has 0 spiro atoms. The average molecular weight is 327 g/mol. The van der Waals surface area contributed by atoms with E-state index in [-0.39, 0.29) is 11.9 Å². The van der Waals surface area contributed by atoms with Gasteiger partial charge in [-0.1, -0.05) is 11.6 Å². The second-order valence-electron chi connectivity index (χ2n) is 6.04. The summed E-state index contributed by atoms with van der Waals surface area (Å²) in [5.41, 5.74) is 2.04. The topological polar surface area (TPSA) is 50.6 Å². The highest BCUT2D eigenvalue weighted by atomic mass is 35.5. The molecule has 22 heavy (non-hydrogen) atoms. The summed E-state index contributed by atoms with van der Waals surface area (Å²) in [5.74, 6) is 0.188. The number of amides is 1. The number of nitrogens with zero attached hydrogens (tertiary/aromatic N) is 4. The number of carbonyl (C=O) groups is 1. The smallest absolute Gasteiger partial charge is 0.236 e. The molecular weight excluding hydrogens is 304 g/mol. The summed E-state index contributed by atoms with van der Waals surface area (Å²) in [6, 6.07) is 0.200. The van der Waals surface area contributed by atoms with Crippen LogP contribution in [-0.4, -0.2) is 64.9 Å². The van der Waals surface area contributed by atoms with Crippen molar-refractivity contribution in [2.75, 3.05) is 39.4 Å². The van der Waals surface area contributed by atoms with Gasteiger partial charge in [-0.05, 0) is 26.3 Å². The zero-order valence-electron chi connectivity index (χ0n) is 13.2. The van der Waals surface area contributed by atoms with Crippen LogP contribution in [0.5, 0.6) is 0 Å². The van der Waals surface area contributed by atoms with Gasteiger partial charge in [0.05, 0.1) is 25.5 Å². The van der Waals surface area contributed by atoms with Crippen LogP contribution in [0, 0.1) is 6.92 Å². The molecule has 2 aliphatic rings. The van der Waals surface area contributed by atoms with Crippen molar-refractivity contribution >= 4 is 17.5 Å². The third kappa shape index (κ3) is 3.00. The molecule has 1 aromatic heterocycles. The van der Waals surface area contributed by atoms with E-state index >= 15 is 0 Å². The molecule has 1 aromatic rings. The van der Waals surface area contributed by atoms with Gasteiger partial charge < -0.3 is 9.64 Å². The van der Waals surface area contributed by atoms with Gasteiger partial charge in [0.25, 0.3) is 0 Å². The average Bonchev–Trinajstić information content (AvgIpc) is 3.05. The van der Waals surface area contributed by atoms with Crippen molar-refractivity contribution in [3.63, 3.8) is 0 Å². The van der Waals surface area contributed by atoms with E-state index in [1.54, 1.807) is 4.68 Å². The number of likely N-dealkylation sites (tertiary alicyclic amines) is 1. The fourth-order valence-corrected chi connectivity index (χ4v) is 3.75. The number of morpholine rings is 1. The van der Waals surface area contributed by atoms with E-state index in [9.17, 15) is 4.79 Å². The molecule has 2 aliphatic heterocycles. The number of halogens is 1. The molecule has 3 rings (SSSR count). The van der Waals surface area contributed by atoms with Gasteiger partial charge in [-0.25, -0.2) is 0 Å². The van der Waals surface area contributed by atoms with Crippen molar-refractivity contribution in [2.45, 2.75) is 25.8 Å². The van der Waals surface area contributed by atoms with E-state index in [2.05, 4.69) is 10.00 Å². The number of aromatic nitrogens is 2. The number of aryl methyl sites for hydroxylation is 2. The normalized spacial score (nSPS) is 23.2. The molecule has 1 atom stereocenters. The second-order valence-corrected chi connectivity index (χ2v) is 6.39. The maximum atomic E-state index is 12.5. The van der Waals surface area contributed by atoms with Crippen molar-refractivity contribution in [1.82, 2.24) is 19.6 Å². The number of hydrogen-bond acceptors (Lipinski definition) is 4. The van der Waals surface area contributed by atoms with Gasteiger partial charge >= 0.3 is 0 Å². The van der Waals surface area contributed by atoms with Crippen molar-refractivity contribution in [1.29, 1.82) is 0 Å². The van der Waals surface area contributed by atoms with Crippen LogP contribution in [0.15, 0.2) is 0 Å². The Bertz CT molecular complexity index is 554. The van der Waals surface area contributed by atoms with Crippen LogP contribution in [0.1, 0.15) is 30.1 Å². The molecule has 1 unspecified atom stereocenters. The summed E-state index contributed by atoms with van der Waals surface area (Å²) >= 11 is 6.41. The lowest BCUT2D eigenvalue weighted by molar-refractivity contribution is -0.136. The lowest BCUT2D eigenvalue weighted by Crippen LogP contribution is -2.45. The second kappa shape index (κ2) is 6.56. The zero-order valence-corrected chi connectivity index (χ0v) is 14.0. The first-order chi connectivity index (χ1) is 10.6. The number of carbonyl (C=O) groups excluding carboxylic acids is 1. The van der Waals surface area contributed by atoms with Crippen LogP contribution in [0.4, 0.5) is 0 Å². The molecular formula is C15H23ClN4O2. The summed E-state index contributed by atoms with van der Waals surface area (Å²) in [7, 11) is 1.86. The molecule has 1 amide bonds. The highest BCUT2D eigenvalue weighted by Gasteiger charge is 2.33. The van der Waals surface area contributed by atoms with E-state index in [1.807, 2.05) is 18.9 Å². The Balaban J connectivity index is 1.71. The summed E-state index contributed by atoms with van der Waals surface area (Å²) in [6.07, 6.45) is 2.12. The van der Waals surface area contributed by atoms with Crippen molar-refractivity contribution in [2.24, 2.45) is 7.05 Å². The van der Waals surface area contributed by atoms with Gasteiger partial charge in [-0.15, -0.1) is 0 Å². The number of rotatable bonds is 3. The van der Waals surface area contributed by atoms with Gasteiger partial charge in [-0.3, -0.25) is 14.4 Å². The van der Waals surface area contributed by atoms with Gasteiger partial charge in [0.15, 0.2) is 0 Å². The summed E-state index contributed by atoms with van der Waals surface area (Å²) in [6.45, 7) is 6.06. The highest BCUT2D eigenvalue weighted by molar-refractivity contribution is 6.30. The molecule has 0 radical (unpaired) electrons. The van der Waals surface area contributed by atoms with Crippen molar-refractivity contribution < 1.29 is 9.53 Å². The van der Waals surface area contributed by atoms with Crippen molar-refractivity contribution in [3.8, 4) is 0 Å². The molecule has 122 valence electrons.